The minimum Gasteiger partial charge on any atom is -0.444 e. The number of piperazine rings is 1. The number of amides is 3. The number of halogens is 1. The van der Waals surface area contributed by atoms with E-state index >= 15 is 0 Å². The van der Waals surface area contributed by atoms with Crippen LogP contribution in [-0.2, 0) is 9.53 Å². The number of fused-ring (bicyclic) bond motifs is 1. The van der Waals surface area contributed by atoms with Crippen molar-refractivity contribution in [1.82, 2.24) is 20.1 Å². The molecule has 1 saturated heterocycles. The van der Waals surface area contributed by atoms with Crippen molar-refractivity contribution in [1.29, 1.82) is 0 Å². The summed E-state index contributed by atoms with van der Waals surface area (Å²) in [5, 5.41) is 5.73. The van der Waals surface area contributed by atoms with Gasteiger partial charge in [0.2, 0.25) is 0 Å². The van der Waals surface area contributed by atoms with Gasteiger partial charge in [0.25, 0.3) is 11.8 Å². The third-order valence-electron chi connectivity index (χ3n) is 6.72. The second kappa shape index (κ2) is 11.0. The summed E-state index contributed by atoms with van der Waals surface area (Å²) in [6.07, 6.45) is 2.16. The molecular formula is C28H36FN5O4. The molecule has 4 rings (SSSR count). The molecule has 9 nitrogen and oxygen atoms in total. The number of H-pyrrole nitrogens is 1. The number of hydrogen-bond acceptors (Lipinski definition) is 5. The Labute approximate surface area is 222 Å². The molecule has 0 atom stereocenters. The number of carbonyl (C=O) groups excluding carboxylic acids is 3. The summed E-state index contributed by atoms with van der Waals surface area (Å²) in [6, 6.07) is 4.17. The highest BCUT2D eigenvalue weighted by Gasteiger charge is 2.27. The molecule has 1 aromatic carbocycles. The van der Waals surface area contributed by atoms with E-state index in [1.165, 1.54) is 18.2 Å². The summed E-state index contributed by atoms with van der Waals surface area (Å²) in [7, 11) is 0. The Balaban J connectivity index is 1.29. The fourth-order valence-corrected chi connectivity index (χ4v) is 4.78. The third-order valence-corrected chi connectivity index (χ3v) is 6.72. The van der Waals surface area contributed by atoms with Gasteiger partial charge in [0.05, 0.1) is 11.1 Å². The number of anilines is 1. The van der Waals surface area contributed by atoms with Gasteiger partial charge in [0, 0.05) is 55.4 Å². The molecule has 2 aromatic rings. The molecule has 0 bridgehead atoms. The summed E-state index contributed by atoms with van der Waals surface area (Å²) in [5.41, 5.74) is 3.51. The van der Waals surface area contributed by atoms with E-state index in [2.05, 4.69) is 20.5 Å². The summed E-state index contributed by atoms with van der Waals surface area (Å²) >= 11 is 0. The normalized spacial score (nSPS) is 16.9. The molecule has 1 aromatic heterocycles. The van der Waals surface area contributed by atoms with Crippen molar-refractivity contribution >= 4 is 35.2 Å². The zero-order chi connectivity index (χ0) is 27.6. The van der Waals surface area contributed by atoms with Crippen LogP contribution in [-0.4, -0.2) is 77.6 Å². The molecule has 2 aliphatic rings. The quantitative estimate of drug-likeness (QED) is 0.391. The molecule has 3 amide bonds. The first-order valence-electron chi connectivity index (χ1n) is 12.9. The molecule has 0 saturated carbocycles. The zero-order valence-electron chi connectivity index (χ0n) is 22.7. The van der Waals surface area contributed by atoms with Crippen LogP contribution >= 0.6 is 0 Å². The minimum absolute atomic E-state index is 0.182. The van der Waals surface area contributed by atoms with E-state index in [1.54, 1.807) is 11.0 Å². The molecule has 0 spiro atoms. The summed E-state index contributed by atoms with van der Waals surface area (Å²) < 4.78 is 19.2. The number of rotatable bonds is 6. The van der Waals surface area contributed by atoms with Crippen molar-refractivity contribution in [3.63, 3.8) is 0 Å². The first-order valence-corrected chi connectivity index (χ1v) is 12.9. The number of aryl methyl sites for hydroxylation is 1. The van der Waals surface area contributed by atoms with E-state index in [0.717, 1.165) is 31.6 Å². The maximum absolute atomic E-state index is 13.8. The molecule has 38 heavy (non-hydrogen) atoms. The molecule has 3 heterocycles. The largest absolute Gasteiger partial charge is 0.444 e. The Morgan fingerprint density at radius 3 is 2.55 bits per heavy atom. The molecule has 204 valence electrons. The van der Waals surface area contributed by atoms with Gasteiger partial charge in [-0.05, 0) is 77.4 Å². The van der Waals surface area contributed by atoms with Gasteiger partial charge in [-0.1, -0.05) is 0 Å². The van der Waals surface area contributed by atoms with Crippen LogP contribution in [0.2, 0.25) is 0 Å². The first kappa shape index (κ1) is 27.4. The van der Waals surface area contributed by atoms with Crippen molar-refractivity contribution in [2.75, 3.05) is 44.6 Å². The lowest BCUT2D eigenvalue weighted by molar-refractivity contribution is -0.110. The summed E-state index contributed by atoms with van der Waals surface area (Å²) in [6.45, 7) is 13.3. The Morgan fingerprint density at radius 2 is 1.87 bits per heavy atom. The number of ether oxygens (including phenoxy) is 1. The number of nitrogens with one attached hydrogen (secondary N) is 3. The first-order chi connectivity index (χ1) is 17.9. The molecule has 1 fully saturated rings. The van der Waals surface area contributed by atoms with E-state index in [1.807, 2.05) is 34.6 Å². The fraction of sp³-hybridized carbons (Fsp3) is 0.464. The number of aromatic amines is 1. The smallest absolute Gasteiger partial charge is 0.410 e. The van der Waals surface area contributed by atoms with Gasteiger partial charge in [-0.2, -0.15) is 0 Å². The van der Waals surface area contributed by atoms with E-state index in [-0.39, 0.29) is 17.9 Å². The number of carbonyl (C=O) groups is 3. The zero-order valence-corrected chi connectivity index (χ0v) is 22.7. The van der Waals surface area contributed by atoms with Gasteiger partial charge in [0.15, 0.2) is 0 Å². The van der Waals surface area contributed by atoms with E-state index < -0.39 is 11.4 Å². The number of aromatic nitrogens is 1. The van der Waals surface area contributed by atoms with Gasteiger partial charge >= 0.3 is 6.09 Å². The van der Waals surface area contributed by atoms with Crippen molar-refractivity contribution in [2.24, 2.45) is 0 Å². The van der Waals surface area contributed by atoms with Crippen LogP contribution in [0.1, 0.15) is 60.1 Å². The van der Waals surface area contributed by atoms with Crippen molar-refractivity contribution in [3.05, 3.63) is 52.1 Å². The molecule has 0 aliphatic carbocycles. The van der Waals surface area contributed by atoms with Gasteiger partial charge in [-0.15, -0.1) is 0 Å². The maximum Gasteiger partial charge on any atom is 0.410 e. The second-order valence-corrected chi connectivity index (χ2v) is 10.8. The summed E-state index contributed by atoms with van der Waals surface area (Å²) in [4.78, 5) is 44.9. The van der Waals surface area contributed by atoms with Crippen LogP contribution in [0.25, 0.3) is 11.6 Å². The SMILES string of the molecule is Cc1[nH]c(/C=C2\C(=O)Nc3ccc(F)cc32)c(C)c1C(=O)NCCCN1CCN(C(=O)OC(C)(C)C)CC1. The monoisotopic (exact) mass is 525 g/mol. The number of hydrogen-bond donors (Lipinski definition) is 3. The predicted molar refractivity (Wildman–Crippen MR) is 144 cm³/mol. The Hall–Kier alpha value is -3.66. The Bertz CT molecular complexity index is 1270. The number of benzene rings is 1. The molecule has 0 unspecified atom stereocenters. The van der Waals surface area contributed by atoms with Crippen LogP contribution in [0, 0.1) is 19.7 Å². The van der Waals surface area contributed by atoms with Gasteiger partial charge < -0.3 is 25.3 Å². The average Bonchev–Trinajstić information content (AvgIpc) is 3.30. The van der Waals surface area contributed by atoms with Crippen molar-refractivity contribution < 1.29 is 23.5 Å². The Morgan fingerprint density at radius 1 is 1.16 bits per heavy atom. The molecule has 2 aliphatic heterocycles. The lowest BCUT2D eigenvalue weighted by atomic mass is 10.0. The van der Waals surface area contributed by atoms with Gasteiger partial charge in [0.1, 0.15) is 11.4 Å². The third kappa shape index (κ3) is 6.24. The molecule has 0 radical (unpaired) electrons. The van der Waals surface area contributed by atoms with Crippen LogP contribution in [0.5, 0.6) is 0 Å². The molecular weight excluding hydrogens is 489 g/mol. The fourth-order valence-electron chi connectivity index (χ4n) is 4.78. The van der Waals surface area contributed by atoms with Crippen LogP contribution < -0.4 is 10.6 Å². The minimum atomic E-state index is -0.504. The highest BCUT2D eigenvalue weighted by atomic mass is 19.1. The number of nitrogens with zero attached hydrogens (tertiary/aromatic N) is 2. The van der Waals surface area contributed by atoms with Crippen LogP contribution in [0.3, 0.4) is 0 Å². The second-order valence-electron chi connectivity index (χ2n) is 10.8. The van der Waals surface area contributed by atoms with E-state index in [4.69, 9.17) is 4.74 Å². The predicted octanol–water partition coefficient (Wildman–Crippen LogP) is 3.94. The van der Waals surface area contributed by atoms with E-state index in [9.17, 15) is 18.8 Å². The summed E-state index contributed by atoms with van der Waals surface area (Å²) in [5.74, 6) is -0.913. The van der Waals surface area contributed by atoms with Crippen molar-refractivity contribution in [3.8, 4) is 0 Å². The highest BCUT2D eigenvalue weighted by Crippen LogP contribution is 2.34. The molecule has 3 N–H and O–H groups in total. The topological polar surface area (TPSA) is 107 Å². The van der Waals surface area contributed by atoms with E-state index in [0.29, 0.717) is 53.4 Å². The standard InChI is InChI=1S/C28H36FN5O4/c1-17-23(16-21-20-15-19(29)7-8-22(20)32-25(21)35)31-18(2)24(17)26(36)30-9-6-10-33-11-13-34(14-12-33)27(37)38-28(3,4)5/h7-8,15-16,31H,6,9-14H2,1-5H3,(H,30,36)(H,32,35)/b21-16-. The van der Waals surface area contributed by atoms with Crippen molar-refractivity contribution in [2.45, 2.75) is 46.6 Å². The molecule has 10 heteroatoms. The van der Waals surface area contributed by atoms with Gasteiger partial charge in [-0.25, -0.2) is 9.18 Å². The van der Waals surface area contributed by atoms with Gasteiger partial charge in [-0.3, -0.25) is 14.5 Å². The van der Waals surface area contributed by atoms with Crippen LogP contribution in [0.4, 0.5) is 14.9 Å². The lowest BCUT2D eigenvalue weighted by Gasteiger charge is -2.35. The average molecular weight is 526 g/mol. The Kier molecular flexibility index (Phi) is 7.91. The maximum atomic E-state index is 13.8. The lowest BCUT2D eigenvalue weighted by Crippen LogP contribution is -2.50. The van der Waals surface area contributed by atoms with Crippen LogP contribution in [0.15, 0.2) is 18.2 Å². The highest BCUT2D eigenvalue weighted by molar-refractivity contribution is 6.34.